The minimum atomic E-state index is -0.143. The summed E-state index contributed by atoms with van der Waals surface area (Å²) in [5, 5.41) is 10.6. The molecule has 0 spiro atoms. The van der Waals surface area contributed by atoms with E-state index >= 15 is 0 Å². The van der Waals surface area contributed by atoms with Gasteiger partial charge in [-0.25, -0.2) is 9.67 Å². The van der Waals surface area contributed by atoms with Crippen LogP contribution in [0.4, 0.5) is 23.3 Å². The number of benzene rings is 1. The van der Waals surface area contributed by atoms with Gasteiger partial charge in [0.05, 0.1) is 6.04 Å². The summed E-state index contributed by atoms with van der Waals surface area (Å²) in [6, 6.07) is 7.05. The van der Waals surface area contributed by atoms with Crippen LogP contribution < -0.4 is 16.4 Å². The molecular formula is C16H18ClN7O. The van der Waals surface area contributed by atoms with Gasteiger partial charge >= 0.3 is 0 Å². The van der Waals surface area contributed by atoms with E-state index < -0.39 is 0 Å². The zero-order valence-corrected chi connectivity index (χ0v) is 14.5. The number of nitrogen functional groups attached to an aromatic ring is 1. The average molecular weight is 360 g/mol. The number of nitrogens with two attached hydrogens (primary N) is 1. The molecule has 1 aromatic carbocycles. The summed E-state index contributed by atoms with van der Waals surface area (Å²) in [6.45, 7) is 3.46. The lowest BCUT2D eigenvalue weighted by atomic mass is 10.0. The maximum atomic E-state index is 11.0. The SMILES string of the molecule is CC(=O)Nc1ccc(Nc2nc(N)n(C3C=C(Cl)N=CC3C)n2)cc1. The minimum absolute atomic E-state index is 0.0938. The fraction of sp³-hybridized carbons (Fsp3) is 0.250. The molecule has 1 amide bonds. The Morgan fingerprint density at radius 2 is 1.96 bits per heavy atom. The maximum Gasteiger partial charge on any atom is 0.248 e. The van der Waals surface area contributed by atoms with Crippen LogP contribution in [0.2, 0.25) is 0 Å². The number of halogens is 1. The van der Waals surface area contributed by atoms with Crippen molar-refractivity contribution in [3.8, 4) is 0 Å². The highest BCUT2D eigenvalue weighted by Crippen LogP contribution is 2.28. The predicted octanol–water partition coefficient (Wildman–Crippen LogP) is 2.90. The Morgan fingerprint density at radius 1 is 1.28 bits per heavy atom. The number of aliphatic imine (C=N–C) groups is 1. The molecular weight excluding hydrogens is 342 g/mol. The van der Waals surface area contributed by atoms with Crippen molar-refractivity contribution >= 4 is 47.0 Å². The van der Waals surface area contributed by atoms with Crippen LogP contribution >= 0.6 is 11.6 Å². The summed E-state index contributed by atoms with van der Waals surface area (Å²) < 4.78 is 1.62. The number of carbonyl (C=O) groups excluding carboxylic acids is 1. The van der Waals surface area contributed by atoms with Crippen molar-refractivity contribution in [1.29, 1.82) is 0 Å². The Kier molecular flexibility index (Phi) is 4.71. The number of carbonyl (C=O) groups is 1. The number of nitrogens with zero attached hydrogens (tertiary/aromatic N) is 4. The molecule has 1 aromatic heterocycles. The molecule has 8 nitrogen and oxygen atoms in total. The third-order valence-electron chi connectivity index (χ3n) is 3.68. The van der Waals surface area contributed by atoms with Crippen LogP contribution in [-0.4, -0.2) is 26.9 Å². The van der Waals surface area contributed by atoms with Gasteiger partial charge in [0.2, 0.25) is 17.8 Å². The molecule has 0 fully saturated rings. The minimum Gasteiger partial charge on any atom is -0.368 e. The molecule has 4 N–H and O–H groups in total. The average Bonchev–Trinajstić information content (AvgIpc) is 2.91. The smallest absolute Gasteiger partial charge is 0.248 e. The summed E-state index contributed by atoms with van der Waals surface area (Å²) in [4.78, 5) is 19.4. The summed E-state index contributed by atoms with van der Waals surface area (Å²) in [6.07, 6.45) is 3.56. The maximum absolute atomic E-state index is 11.0. The predicted molar refractivity (Wildman–Crippen MR) is 99.1 cm³/mol. The van der Waals surface area contributed by atoms with Crippen LogP contribution in [0.5, 0.6) is 0 Å². The largest absolute Gasteiger partial charge is 0.368 e. The molecule has 2 heterocycles. The lowest BCUT2D eigenvalue weighted by Gasteiger charge is -2.21. The van der Waals surface area contributed by atoms with E-state index in [-0.39, 0.29) is 23.8 Å². The van der Waals surface area contributed by atoms with Gasteiger partial charge in [-0.3, -0.25) is 4.79 Å². The van der Waals surface area contributed by atoms with Crippen molar-refractivity contribution in [1.82, 2.24) is 14.8 Å². The van der Waals surface area contributed by atoms with Crippen molar-refractivity contribution in [3.05, 3.63) is 35.5 Å². The van der Waals surface area contributed by atoms with Crippen molar-refractivity contribution in [3.63, 3.8) is 0 Å². The molecule has 1 aliphatic rings. The second kappa shape index (κ2) is 6.94. The topological polar surface area (TPSA) is 110 Å². The van der Waals surface area contributed by atoms with Gasteiger partial charge in [-0.2, -0.15) is 4.98 Å². The van der Waals surface area contributed by atoms with Crippen LogP contribution in [0.25, 0.3) is 0 Å². The Bertz CT molecular complexity index is 841. The van der Waals surface area contributed by atoms with Gasteiger partial charge in [0.15, 0.2) is 0 Å². The molecule has 2 aromatic rings. The van der Waals surface area contributed by atoms with Gasteiger partial charge in [-0.15, -0.1) is 5.10 Å². The number of anilines is 4. The van der Waals surface area contributed by atoms with Crippen LogP contribution in [0.1, 0.15) is 19.9 Å². The van der Waals surface area contributed by atoms with Crippen LogP contribution in [-0.2, 0) is 4.79 Å². The van der Waals surface area contributed by atoms with E-state index in [9.17, 15) is 4.79 Å². The fourth-order valence-corrected chi connectivity index (χ4v) is 2.67. The van der Waals surface area contributed by atoms with E-state index in [1.165, 1.54) is 6.92 Å². The summed E-state index contributed by atoms with van der Waals surface area (Å²) in [5.74, 6) is 0.635. The molecule has 130 valence electrons. The third kappa shape index (κ3) is 3.97. The first-order chi connectivity index (χ1) is 11.9. The molecule has 2 atom stereocenters. The quantitative estimate of drug-likeness (QED) is 0.727. The number of rotatable bonds is 4. The van der Waals surface area contributed by atoms with Crippen molar-refractivity contribution in [2.45, 2.75) is 19.9 Å². The number of hydrogen-bond acceptors (Lipinski definition) is 6. The Balaban J connectivity index is 1.76. The first kappa shape index (κ1) is 17.0. The lowest BCUT2D eigenvalue weighted by Crippen LogP contribution is -2.21. The van der Waals surface area contributed by atoms with Crippen LogP contribution in [0.15, 0.2) is 40.5 Å². The van der Waals surface area contributed by atoms with Gasteiger partial charge in [0.1, 0.15) is 5.16 Å². The van der Waals surface area contributed by atoms with Crippen molar-refractivity contribution in [2.75, 3.05) is 16.4 Å². The summed E-state index contributed by atoms with van der Waals surface area (Å²) in [7, 11) is 0. The monoisotopic (exact) mass is 359 g/mol. The van der Waals surface area contributed by atoms with Gasteiger partial charge in [-0.1, -0.05) is 18.5 Å². The highest BCUT2D eigenvalue weighted by molar-refractivity contribution is 6.30. The summed E-state index contributed by atoms with van der Waals surface area (Å²) in [5.41, 5.74) is 7.49. The molecule has 9 heteroatoms. The molecule has 2 unspecified atom stereocenters. The van der Waals surface area contributed by atoms with Crippen molar-refractivity contribution < 1.29 is 4.79 Å². The van der Waals surface area contributed by atoms with E-state index in [0.29, 0.717) is 16.8 Å². The second-order valence-corrected chi connectivity index (χ2v) is 6.13. The number of aromatic nitrogens is 3. The van der Waals surface area contributed by atoms with Gasteiger partial charge in [0, 0.05) is 30.4 Å². The molecule has 0 saturated carbocycles. The Labute approximate surface area is 149 Å². The molecule has 3 rings (SSSR count). The zero-order valence-electron chi connectivity index (χ0n) is 13.8. The molecule has 0 saturated heterocycles. The molecule has 1 aliphatic heterocycles. The molecule has 0 aliphatic carbocycles. The first-order valence-corrected chi connectivity index (χ1v) is 8.08. The standard InChI is InChI=1S/C16H18ClN7O/c1-9-8-19-14(17)7-13(9)24-15(18)22-16(23-24)21-12-5-3-11(4-6-12)20-10(2)25/h3-9,13H,1-2H3,(H,20,25)(H3,18,21,22,23). The Hall–Kier alpha value is -2.87. The van der Waals surface area contributed by atoms with Gasteiger partial charge in [0.25, 0.3) is 0 Å². The first-order valence-electron chi connectivity index (χ1n) is 7.70. The van der Waals surface area contributed by atoms with Crippen LogP contribution in [0, 0.1) is 5.92 Å². The van der Waals surface area contributed by atoms with Crippen molar-refractivity contribution in [2.24, 2.45) is 10.9 Å². The Morgan fingerprint density at radius 3 is 2.64 bits per heavy atom. The molecule has 25 heavy (non-hydrogen) atoms. The third-order valence-corrected chi connectivity index (χ3v) is 3.91. The van der Waals surface area contributed by atoms with E-state index in [4.69, 9.17) is 17.3 Å². The molecule has 0 radical (unpaired) electrons. The van der Waals surface area contributed by atoms with E-state index in [2.05, 4.69) is 25.7 Å². The van der Waals surface area contributed by atoms with Gasteiger partial charge < -0.3 is 16.4 Å². The normalized spacial score (nSPS) is 19.4. The van der Waals surface area contributed by atoms with Gasteiger partial charge in [-0.05, 0) is 30.3 Å². The summed E-state index contributed by atoms with van der Waals surface area (Å²) >= 11 is 5.98. The highest BCUT2D eigenvalue weighted by atomic mass is 35.5. The van der Waals surface area contributed by atoms with Crippen LogP contribution in [0.3, 0.4) is 0 Å². The zero-order chi connectivity index (χ0) is 18.0. The number of hydrogen-bond donors (Lipinski definition) is 3. The van der Waals surface area contributed by atoms with E-state index in [1.54, 1.807) is 29.1 Å². The second-order valence-electron chi connectivity index (χ2n) is 5.74. The number of amides is 1. The highest BCUT2D eigenvalue weighted by Gasteiger charge is 2.23. The molecule has 0 bridgehead atoms. The van der Waals surface area contributed by atoms with E-state index in [0.717, 1.165) is 5.69 Å². The number of nitrogens with one attached hydrogen (secondary N) is 2. The lowest BCUT2D eigenvalue weighted by molar-refractivity contribution is -0.114. The van der Waals surface area contributed by atoms with E-state index in [1.807, 2.05) is 19.1 Å². The fourth-order valence-electron chi connectivity index (χ4n) is 2.48. The number of allylic oxidation sites excluding steroid dienone is 1.